The van der Waals surface area contributed by atoms with E-state index in [2.05, 4.69) is 0 Å². The summed E-state index contributed by atoms with van der Waals surface area (Å²) < 4.78 is 0. The summed E-state index contributed by atoms with van der Waals surface area (Å²) in [4.78, 5) is 48.8. The Hall–Kier alpha value is -2.72. The Kier molecular flexibility index (Phi) is 4.21. The highest BCUT2D eigenvalue weighted by Crippen LogP contribution is 2.33. The van der Waals surface area contributed by atoms with Crippen LogP contribution < -0.4 is 4.90 Å². The number of imide groups is 4. The molecule has 0 N–H and O–H groups in total. The molecular weight excluding hydrogens is 322 g/mol. The first-order valence-electron chi connectivity index (χ1n) is 6.58. The lowest BCUT2D eigenvalue weighted by molar-refractivity contribution is -0.136. The Labute approximate surface area is 137 Å². The number of amides is 5. The Morgan fingerprint density at radius 1 is 1.43 bits per heavy atom. The SMILES string of the molecule is Cc1cc(Cl)cc(N(C=O)C(=O)N2C(=O)CC(C)(C#N)C2=O)c1. The first-order valence-corrected chi connectivity index (χ1v) is 6.95. The molecule has 1 aromatic carbocycles. The fourth-order valence-electron chi connectivity index (χ4n) is 2.28. The third-order valence-electron chi connectivity index (χ3n) is 3.48. The van der Waals surface area contributed by atoms with Crippen molar-refractivity contribution in [3.05, 3.63) is 28.8 Å². The lowest BCUT2D eigenvalue weighted by atomic mass is 9.91. The lowest BCUT2D eigenvalue weighted by Crippen LogP contribution is -2.47. The minimum absolute atomic E-state index is 0.126. The van der Waals surface area contributed by atoms with Gasteiger partial charge in [-0.2, -0.15) is 10.2 Å². The number of urea groups is 1. The molecule has 0 spiro atoms. The molecule has 118 valence electrons. The number of halogens is 1. The monoisotopic (exact) mass is 333 g/mol. The Morgan fingerprint density at radius 2 is 2.09 bits per heavy atom. The molecule has 1 saturated heterocycles. The van der Waals surface area contributed by atoms with Crippen LogP contribution in [0.5, 0.6) is 0 Å². The second-order valence-corrected chi connectivity index (χ2v) is 5.84. The number of carbonyl (C=O) groups is 4. The number of nitrogens with zero attached hydrogens (tertiary/aromatic N) is 3. The van der Waals surface area contributed by atoms with Gasteiger partial charge in [-0.25, -0.2) is 9.69 Å². The van der Waals surface area contributed by atoms with Crippen LogP contribution in [0.15, 0.2) is 18.2 Å². The van der Waals surface area contributed by atoms with E-state index in [-0.39, 0.29) is 12.1 Å². The van der Waals surface area contributed by atoms with Crippen molar-refractivity contribution in [1.82, 2.24) is 4.90 Å². The summed E-state index contributed by atoms with van der Waals surface area (Å²) >= 11 is 5.90. The van der Waals surface area contributed by atoms with Crippen LogP contribution in [0.1, 0.15) is 18.9 Å². The number of nitriles is 1. The minimum Gasteiger partial charge on any atom is -0.278 e. The van der Waals surface area contributed by atoms with Gasteiger partial charge in [0, 0.05) is 5.02 Å². The molecule has 0 bridgehead atoms. The zero-order chi connectivity index (χ0) is 17.4. The van der Waals surface area contributed by atoms with E-state index in [0.717, 1.165) is 0 Å². The quantitative estimate of drug-likeness (QED) is 0.609. The van der Waals surface area contributed by atoms with E-state index in [9.17, 15) is 19.2 Å². The summed E-state index contributed by atoms with van der Waals surface area (Å²) in [5, 5.41) is 9.33. The molecule has 0 aliphatic carbocycles. The number of benzene rings is 1. The van der Waals surface area contributed by atoms with Gasteiger partial charge in [-0.15, -0.1) is 0 Å². The number of hydrogen-bond donors (Lipinski definition) is 0. The van der Waals surface area contributed by atoms with Crippen LogP contribution >= 0.6 is 11.6 Å². The normalized spacial score (nSPS) is 20.3. The van der Waals surface area contributed by atoms with Crippen LogP contribution in [-0.4, -0.2) is 29.2 Å². The summed E-state index contributed by atoms with van der Waals surface area (Å²) in [6.45, 7) is 2.98. The van der Waals surface area contributed by atoms with E-state index >= 15 is 0 Å². The van der Waals surface area contributed by atoms with Gasteiger partial charge in [-0.1, -0.05) is 11.6 Å². The molecule has 1 heterocycles. The maximum atomic E-state index is 12.5. The van der Waals surface area contributed by atoms with Gasteiger partial charge < -0.3 is 0 Å². The van der Waals surface area contributed by atoms with Gasteiger partial charge in [-0.05, 0) is 37.6 Å². The van der Waals surface area contributed by atoms with E-state index < -0.39 is 29.7 Å². The Balaban J connectivity index is 2.42. The second-order valence-electron chi connectivity index (χ2n) is 5.40. The maximum absolute atomic E-state index is 12.5. The minimum atomic E-state index is -1.61. The number of rotatable bonds is 2. The number of aryl methyl sites for hydroxylation is 1. The van der Waals surface area contributed by atoms with Crippen LogP contribution in [0.2, 0.25) is 5.02 Å². The third-order valence-corrected chi connectivity index (χ3v) is 3.70. The van der Waals surface area contributed by atoms with Crippen LogP contribution in [0.3, 0.4) is 0 Å². The summed E-state index contributed by atoms with van der Waals surface area (Å²) in [6.07, 6.45) is -0.217. The zero-order valence-electron chi connectivity index (χ0n) is 12.4. The van der Waals surface area contributed by atoms with Crippen LogP contribution in [-0.2, 0) is 14.4 Å². The van der Waals surface area contributed by atoms with E-state index in [4.69, 9.17) is 16.9 Å². The molecule has 5 amide bonds. The fourth-order valence-corrected chi connectivity index (χ4v) is 2.56. The van der Waals surface area contributed by atoms with Gasteiger partial charge in [0.25, 0.3) is 5.91 Å². The molecule has 1 aliphatic heterocycles. The average molecular weight is 334 g/mol. The van der Waals surface area contributed by atoms with Crippen LogP contribution in [0.25, 0.3) is 0 Å². The van der Waals surface area contributed by atoms with Crippen molar-refractivity contribution in [2.45, 2.75) is 20.3 Å². The molecule has 0 saturated carbocycles. The lowest BCUT2D eigenvalue weighted by Gasteiger charge is -2.22. The first kappa shape index (κ1) is 16.6. The van der Waals surface area contributed by atoms with E-state index in [0.29, 0.717) is 20.4 Å². The molecule has 0 aromatic heterocycles. The molecule has 23 heavy (non-hydrogen) atoms. The van der Waals surface area contributed by atoms with Gasteiger partial charge >= 0.3 is 6.03 Å². The largest absolute Gasteiger partial charge is 0.344 e. The molecule has 7 nitrogen and oxygen atoms in total. The topological polar surface area (TPSA) is 98.6 Å². The molecule has 1 unspecified atom stereocenters. The number of anilines is 1. The summed E-state index contributed by atoms with van der Waals surface area (Å²) in [5.41, 5.74) is -0.791. The van der Waals surface area contributed by atoms with Gasteiger partial charge in [0.1, 0.15) is 5.41 Å². The number of likely N-dealkylation sites (tertiary alicyclic amines) is 1. The predicted octanol–water partition coefficient (Wildman–Crippen LogP) is 2.02. The second kappa shape index (κ2) is 5.82. The van der Waals surface area contributed by atoms with Crippen molar-refractivity contribution in [1.29, 1.82) is 5.26 Å². The van der Waals surface area contributed by atoms with Crippen molar-refractivity contribution in [3.63, 3.8) is 0 Å². The molecule has 0 radical (unpaired) electrons. The third kappa shape index (κ3) is 2.81. The average Bonchev–Trinajstić information content (AvgIpc) is 2.69. The van der Waals surface area contributed by atoms with Gasteiger partial charge in [0.15, 0.2) is 0 Å². The van der Waals surface area contributed by atoms with Crippen molar-refractivity contribution in [2.24, 2.45) is 5.41 Å². The van der Waals surface area contributed by atoms with Gasteiger partial charge in [0.05, 0.1) is 18.2 Å². The van der Waals surface area contributed by atoms with Crippen LogP contribution in [0, 0.1) is 23.7 Å². The first-order chi connectivity index (χ1) is 10.7. The van der Waals surface area contributed by atoms with Crippen molar-refractivity contribution in [2.75, 3.05) is 4.90 Å². The molecule has 1 fully saturated rings. The number of hydrogen-bond acceptors (Lipinski definition) is 5. The highest BCUT2D eigenvalue weighted by Gasteiger charge is 2.52. The van der Waals surface area contributed by atoms with Crippen LogP contribution in [0.4, 0.5) is 10.5 Å². The summed E-state index contributed by atoms with van der Waals surface area (Å²) in [7, 11) is 0. The van der Waals surface area contributed by atoms with E-state index in [1.165, 1.54) is 19.1 Å². The highest BCUT2D eigenvalue weighted by molar-refractivity contribution is 6.31. The standard InChI is InChI=1S/C15H12ClN3O4/c1-9-3-10(16)5-11(4-9)18(8-20)14(23)19-12(21)6-15(2,7-17)13(19)22/h3-5,8H,6H2,1-2H3. The van der Waals surface area contributed by atoms with Gasteiger partial charge in [-0.3, -0.25) is 14.4 Å². The molecule has 8 heteroatoms. The van der Waals surface area contributed by atoms with E-state index in [1.807, 2.05) is 0 Å². The predicted molar refractivity (Wildman–Crippen MR) is 80.3 cm³/mol. The molecule has 1 aromatic rings. The Bertz CT molecular complexity index is 750. The highest BCUT2D eigenvalue weighted by atomic mass is 35.5. The zero-order valence-corrected chi connectivity index (χ0v) is 13.1. The molecule has 2 rings (SSSR count). The van der Waals surface area contributed by atoms with Crippen molar-refractivity contribution in [3.8, 4) is 6.07 Å². The smallest absolute Gasteiger partial charge is 0.278 e. The Morgan fingerprint density at radius 3 is 2.57 bits per heavy atom. The van der Waals surface area contributed by atoms with Gasteiger partial charge in [0.2, 0.25) is 12.3 Å². The number of carbonyl (C=O) groups excluding carboxylic acids is 4. The molecular formula is C15H12ClN3O4. The molecule has 1 atom stereocenters. The summed E-state index contributed by atoms with van der Waals surface area (Å²) in [6, 6.07) is 5.08. The van der Waals surface area contributed by atoms with Crippen molar-refractivity contribution < 1.29 is 19.2 Å². The molecule has 1 aliphatic rings. The maximum Gasteiger partial charge on any atom is 0.344 e. The van der Waals surface area contributed by atoms with E-state index in [1.54, 1.807) is 19.1 Å². The summed E-state index contributed by atoms with van der Waals surface area (Å²) in [5.74, 6) is -1.77. The fraction of sp³-hybridized carbons (Fsp3) is 0.267. The van der Waals surface area contributed by atoms with Crippen molar-refractivity contribution >= 4 is 41.5 Å².